The van der Waals surface area contributed by atoms with E-state index >= 15 is 0 Å². The first-order valence-electron chi connectivity index (χ1n) is 6.35. The van der Waals surface area contributed by atoms with E-state index in [1.165, 1.54) is 13.2 Å². The van der Waals surface area contributed by atoms with Crippen LogP contribution in [0.2, 0.25) is 0 Å². The van der Waals surface area contributed by atoms with E-state index in [1.54, 1.807) is 24.5 Å². The molecule has 0 bridgehead atoms. The summed E-state index contributed by atoms with van der Waals surface area (Å²) in [6.07, 6.45) is 4.02. The topological polar surface area (TPSA) is 81.3 Å². The van der Waals surface area contributed by atoms with Crippen LogP contribution < -0.4 is 4.74 Å². The van der Waals surface area contributed by atoms with E-state index in [4.69, 9.17) is 9.26 Å². The molecule has 3 rings (SSSR count). The number of hydrogen-bond donors (Lipinski definition) is 1. The van der Waals surface area contributed by atoms with E-state index in [-0.39, 0.29) is 5.75 Å². The van der Waals surface area contributed by atoms with Crippen LogP contribution in [0.15, 0.2) is 47.2 Å². The molecule has 21 heavy (non-hydrogen) atoms. The van der Waals surface area contributed by atoms with Gasteiger partial charge in [-0.1, -0.05) is 5.16 Å². The number of rotatable bonds is 4. The Hall–Kier alpha value is -2.89. The van der Waals surface area contributed by atoms with Crippen LogP contribution in [0.1, 0.15) is 11.4 Å². The predicted molar refractivity (Wildman–Crippen MR) is 75.0 cm³/mol. The van der Waals surface area contributed by atoms with Gasteiger partial charge in [0.25, 0.3) is 5.89 Å². The summed E-state index contributed by atoms with van der Waals surface area (Å²) >= 11 is 0. The number of phenolic OH excluding ortho intramolecular Hbond substituents is 1. The van der Waals surface area contributed by atoms with Gasteiger partial charge in [0.2, 0.25) is 0 Å². The summed E-state index contributed by atoms with van der Waals surface area (Å²) in [4.78, 5) is 8.31. The quantitative estimate of drug-likeness (QED) is 0.792. The molecular weight excluding hydrogens is 270 g/mol. The van der Waals surface area contributed by atoms with Crippen LogP contribution in [0.5, 0.6) is 11.5 Å². The number of aromatic hydroxyl groups is 1. The average Bonchev–Trinajstić information content (AvgIpc) is 2.97. The Morgan fingerprint density at radius 3 is 2.76 bits per heavy atom. The van der Waals surface area contributed by atoms with Crippen LogP contribution in [-0.2, 0) is 6.42 Å². The van der Waals surface area contributed by atoms with Crippen LogP contribution in [0.25, 0.3) is 11.5 Å². The standard InChI is InChI=1S/C15H13N3O3/c1-20-13-9-11(2-3-12(13)19)15-17-14(18-21-15)8-10-4-6-16-7-5-10/h2-7,9,19H,8H2,1H3. The molecule has 0 atom stereocenters. The summed E-state index contributed by atoms with van der Waals surface area (Å²) in [5.41, 5.74) is 1.75. The first kappa shape index (κ1) is 13.1. The number of methoxy groups -OCH3 is 1. The first-order valence-corrected chi connectivity index (χ1v) is 6.35. The van der Waals surface area contributed by atoms with Crippen molar-refractivity contribution in [3.8, 4) is 23.0 Å². The second-order valence-electron chi connectivity index (χ2n) is 4.43. The minimum absolute atomic E-state index is 0.0674. The molecule has 106 valence electrons. The molecular formula is C15H13N3O3. The lowest BCUT2D eigenvalue weighted by Crippen LogP contribution is -1.91. The second-order valence-corrected chi connectivity index (χ2v) is 4.43. The van der Waals surface area contributed by atoms with Gasteiger partial charge in [-0.15, -0.1) is 0 Å². The third-order valence-corrected chi connectivity index (χ3v) is 3.01. The zero-order valence-corrected chi connectivity index (χ0v) is 11.4. The summed E-state index contributed by atoms with van der Waals surface area (Å²) in [5.74, 6) is 1.40. The number of aromatic nitrogens is 3. The van der Waals surface area contributed by atoms with E-state index in [0.29, 0.717) is 29.4 Å². The van der Waals surface area contributed by atoms with E-state index in [9.17, 15) is 5.11 Å². The van der Waals surface area contributed by atoms with Gasteiger partial charge in [-0.25, -0.2) is 0 Å². The monoisotopic (exact) mass is 283 g/mol. The van der Waals surface area contributed by atoms with Crippen LogP contribution in [-0.4, -0.2) is 27.3 Å². The molecule has 0 saturated heterocycles. The molecule has 1 N–H and O–H groups in total. The molecule has 0 spiro atoms. The molecule has 6 nitrogen and oxygen atoms in total. The van der Waals surface area contributed by atoms with Gasteiger partial charge in [-0.05, 0) is 35.9 Å². The number of phenols is 1. The Morgan fingerprint density at radius 1 is 1.19 bits per heavy atom. The maximum absolute atomic E-state index is 9.58. The molecule has 2 aromatic heterocycles. The molecule has 0 fully saturated rings. The molecule has 0 aliphatic rings. The van der Waals surface area contributed by atoms with Gasteiger partial charge < -0.3 is 14.4 Å². The third-order valence-electron chi connectivity index (χ3n) is 3.01. The molecule has 0 amide bonds. The maximum Gasteiger partial charge on any atom is 0.258 e. The lowest BCUT2D eigenvalue weighted by atomic mass is 10.2. The van der Waals surface area contributed by atoms with E-state index < -0.39 is 0 Å². The van der Waals surface area contributed by atoms with Crippen molar-refractivity contribution in [3.05, 3.63) is 54.1 Å². The SMILES string of the molecule is COc1cc(-c2nc(Cc3ccncc3)no2)ccc1O. The van der Waals surface area contributed by atoms with E-state index in [1.807, 2.05) is 12.1 Å². The van der Waals surface area contributed by atoms with Crippen LogP contribution in [0.4, 0.5) is 0 Å². The van der Waals surface area contributed by atoms with Crippen molar-refractivity contribution in [3.63, 3.8) is 0 Å². The highest BCUT2D eigenvalue weighted by Crippen LogP contribution is 2.30. The molecule has 0 radical (unpaired) electrons. The van der Waals surface area contributed by atoms with Gasteiger partial charge in [-0.2, -0.15) is 4.98 Å². The molecule has 6 heteroatoms. The van der Waals surface area contributed by atoms with Gasteiger partial charge >= 0.3 is 0 Å². The van der Waals surface area contributed by atoms with Gasteiger partial charge in [0, 0.05) is 24.4 Å². The fourth-order valence-corrected chi connectivity index (χ4v) is 1.94. The largest absolute Gasteiger partial charge is 0.504 e. The van der Waals surface area contributed by atoms with Crippen molar-refractivity contribution in [1.29, 1.82) is 0 Å². The van der Waals surface area contributed by atoms with Gasteiger partial charge in [-0.3, -0.25) is 4.98 Å². The van der Waals surface area contributed by atoms with Crippen molar-refractivity contribution in [2.24, 2.45) is 0 Å². The van der Waals surface area contributed by atoms with Gasteiger partial charge in [0.1, 0.15) is 0 Å². The molecule has 2 heterocycles. The Kier molecular flexibility index (Phi) is 3.51. The normalized spacial score (nSPS) is 10.5. The zero-order valence-electron chi connectivity index (χ0n) is 11.4. The molecule has 0 saturated carbocycles. The molecule has 0 unspecified atom stereocenters. The van der Waals surface area contributed by atoms with Crippen molar-refractivity contribution in [2.45, 2.75) is 6.42 Å². The molecule has 3 aromatic rings. The number of hydrogen-bond acceptors (Lipinski definition) is 6. The second kappa shape index (κ2) is 5.62. The van der Waals surface area contributed by atoms with Crippen molar-refractivity contribution >= 4 is 0 Å². The Morgan fingerprint density at radius 2 is 2.00 bits per heavy atom. The molecule has 1 aromatic carbocycles. The zero-order chi connectivity index (χ0) is 14.7. The average molecular weight is 283 g/mol. The highest BCUT2D eigenvalue weighted by atomic mass is 16.5. The minimum Gasteiger partial charge on any atom is -0.504 e. The number of benzene rings is 1. The summed E-state index contributed by atoms with van der Waals surface area (Å²) in [6.45, 7) is 0. The fraction of sp³-hybridized carbons (Fsp3) is 0.133. The van der Waals surface area contributed by atoms with E-state index in [0.717, 1.165) is 5.56 Å². The van der Waals surface area contributed by atoms with Crippen molar-refractivity contribution in [1.82, 2.24) is 15.1 Å². The predicted octanol–water partition coefficient (Wildman–Crippen LogP) is 2.44. The van der Waals surface area contributed by atoms with Crippen molar-refractivity contribution in [2.75, 3.05) is 7.11 Å². The summed E-state index contributed by atoms with van der Waals surface area (Å²) in [7, 11) is 1.49. The van der Waals surface area contributed by atoms with Crippen LogP contribution in [0.3, 0.4) is 0 Å². The van der Waals surface area contributed by atoms with Crippen LogP contribution >= 0.6 is 0 Å². The van der Waals surface area contributed by atoms with Gasteiger partial charge in [0.05, 0.1) is 7.11 Å². The number of nitrogens with zero attached hydrogens (tertiary/aromatic N) is 3. The minimum atomic E-state index is 0.0674. The van der Waals surface area contributed by atoms with E-state index in [2.05, 4.69) is 15.1 Å². The van der Waals surface area contributed by atoms with Gasteiger partial charge in [0.15, 0.2) is 17.3 Å². The number of ether oxygens (including phenoxy) is 1. The highest BCUT2D eigenvalue weighted by Gasteiger charge is 2.12. The molecule has 0 aliphatic heterocycles. The first-order chi connectivity index (χ1) is 10.3. The lowest BCUT2D eigenvalue weighted by Gasteiger charge is -2.03. The highest BCUT2D eigenvalue weighted by molar-refractivity contribution is 5.59. The lowest BCUT2D eigenvalue weighted by molar-refractivity contribution is 0.373. The molecule has 0 aliphatic carbocycles. The van der Waals surface area contributed by atoms with Crippen molar-refractivity contribution < 1.29 is 14.4 Å². The Bertz CT molecular complexity index is 741. The Balaban J connectivity index is 1.85. The summed E-state index contributed by atoms with van der Waals surface area (Å²) in [5, 5.41) is 13.5. The van der Waals surface area contributed by atoms with Crippen LogP contribution in [0, 0.1) is 0 Å². The maximum atomic E-state index is 9.58. The Labute approximate surface area is 121 Å². The smallest absolute Gasteiger partial charge is 0.258 e. The number of pyridine rings is 1. The summed E-state index contributed by atoms with van der Waals surface area (Å²) < 4.78 is 10.3. The fourth-order valence-electron chi connectivity index (χ4n) is 1.94. The summed E-state index contributed by atoms with van der Waals surface area (Å²) in [6, 6.07) is 8.68. The third kappa shape index (κ3) is 2.84.